The van der Waals surface area contributed by atoms with E-state index in [2.05, 4.69) is 16.1 Å². The van der Waals surface area contributed by atoms with E-state index < -0.39 is 5.97 Å². The molecule has 0 amide bonds. The van der Waals surface area contributed by atoms with Crippen molar-refractivity contribution < 1.29 is 19.4 Å². The quantitative estimate of drug-likeness (QED) is 0.267. The maximum absolute atomic E-state index is 10.7. The Morgan fingerprint density at radius 2 is 2.18 bits per heavy atom. The number of carbonyl (C=O) groups excluding carboxylic acids is 1. The molecule has 0 radical (unpaired) electrons. The molecule has 0 aromatic rings. The van der Waals surface area contributed by atoms with Gasteiger partial charge in [-0.05, 0) is 6.92 Å². The van der Waals surface area contributed by atoms with Gasteiger partial charge in [0.25, 0.3) is 0 Å². The van der Waals surface area contributed by atoms with Crippen LogP contribution in [0.25, 0.3) is 0 Å². The summed E-state index contributed by atoms with van der Waals surface area (Å²) < 4.78 is 9.14. The third kappa shape index (κ3) is 5.57. The topological polar surface area (TPSA) is 55.8 Å². The van der Waals surface area contributed by atoms with Gasteiger partial charge in [-0.15, -0.1) is 0 Å². The van der Waals surface area contributed by atoms with Crippen molar-refractivity contribution in [2.45, 2.75) is 6.92 Å². The SMILES string of the molecule is C=C(C)C(=O)OCCOCO. The van der Waals surface area contributed by atoms with Crippen LogP contribution in [0.2, 0.25) is 0 Å². The molecule has 0 aliphatic carbocycles. The van der Waals surface area contributed by atoms with Gasteiger partial charge in [0, 0.05) is 5.57 Å². The van der Waals surface area contributed by atoms with Crippen LogP contribution < -0.4 is 0 Å². The van der Waals surface area contributed by atoms with Gasteiger partial charge in [0.1, 0.15) is 13.4 Å². The van der Waals surface area contributed by atoms with E-state index in [9.17, 15) is 4.79 Å². The second-order valence-electron chi connectivity index (χ2n) is 1.95. The van der Waals surface area contributed by atoms with Crippen molar-refractivity contribution in [2.75, 3.05) is 20.0 Å². The number of aliphatic hydroxyl groups is 1. The highest BCUT2D eigenvalue weighted by Crippen LogP contribution is 1.90. The monoisotopic (exact) mass is 160 g/mol. The van der Waals surface area contributed by atoms with Crippen LogP contribution in [0, 0.1) is 0 Å². The molecule has 0 heterocycles. The molecular formula is C7H12O4. The first-order chi connectivity index (χ1) is 5.18. The van der Waals surface area contributed by atoms with E-state index in [4.69, 9.17) is 5.11 Å². The average Bonchev–Trinajstić information content (AvgIpc) is 1.97. The lowest BCUT2D eigenvalue weighted by Gasteiger charge is -2.02. The van der Waals surface area contributed by atoms with Crippen LogP contribution in [0.4, 0.5) is 0 Å². The minimum Gasteiger partial charge on any atom is -0.460 e. The average molecular weight is 160 g/mol. The fraction of sp³-hybridized carbons (Fsp3) is 0.571. The molecule has 64 valence electrons. The van der Waals surface area contributed by atoms with Crippen molar-refractivity contribution in [3.05, 3.63) is 12.2 Å². The molecule has 0 bridgehead atoms. The number of ether oxygens (including phenoxy) is 2. The Morgan fingerprint density at radius 3 is 2.64 bits per heavy atom. The lowest BCUT2D eigenvalue weighted by atomic mass is 10.4. The second kappa shape index (κ2) is 5.88. The molecule has 11 heavy (non-hydrogen) atoms. The Kier molecular flexibility index (Phi) is 5.42. The maximum Gasteiger partial charge on any atom is 0.333 e. The predicted molar refractivity (Wildman–Crippen MR) is 38.8 cm³/mol. The van der Waals surface area contributed by atoms with Gasteiger partial charge in [-0.1, -0.05) is 6.58 Å². The molecule has 0 spiro atoms. The summed E-state index contributed by atoms with van der Waals surface area (Å²) in [7, 11) is 0. The molecule has 0 atom stereocenters. The van der Waals surface area contributed by atoms with Gasteiger partial charge in [-0.3, -0.25) is 0 Å². The van der Waals surface area contributed by atoms with Crippen LogP contribution in [-0.4, -0.2) is 31.1 Å². The van der Waals surface area contributed by atoms with E-state index in [1.165, 1.54) is 0 Å². The Bertz CT molecular complexity index is 141. The highest BCUT2D eigenvalue weighted by atomic mass is 16.6. The van der Waals surface area contributed by atoms with Gasteiger partial charge >= 0.3 is 5.97 Å². The van der Waals surface area contributed by atoms with Crippen molar-refractivity contribution in [1.82, 2.24) is 0 Å². The maximum atomic E-state index is 10.7. The Hall–Kier alpha value is -0.870. The second-order valence-corrected chi connectivity index (χ2v) is 1.95. The number of carbonyl (C=O) groups is 1. The predicted octanol–water partition coefficient (Wildman–Crippen LogP) is 0.0721. The van der Waals surface area contributed by atoms with E-state index in [1.807, 2.05) is 0 Å². The lowest BCUT2D eigenvalue weighted by Crippen LogP contribution is -2.11. The van der Waals surface area contributed by atoms with Crippen molar-refractivity contribution >= 4 is 5.97 Å². The molecule has 0 rings (SSSR count). The fourth-order valence-electron chi connectivity index (χ4n) is 0.381. The summed E-state index contributed by atoms with van der Waals surface area (Å²) in [5.41, 5.74) is 0.356. The zero-order chi connectivity index (χ0) is 8.69. The summed E-state index contributed by atoms with van der Waals surface area (Å²) >= 11 is 0. The van der Waals surface area contributed by atoms with Crippen LogP contribution in [0.3, 0.4) is 0 Å². The summed E-state index contributed by atoms with van der Waals surface area (Å²) in [6.45, 7) is 4.95. The van der Waals surface area contributed by atoms with Gasteiger partial charge in [-0.25, -0.2) is 4.79 Å². The van der Waals surface area contributed by atoms with Crippen molar-refractivity contribution in [3.8, 4) is 0 Å². The molecule has 1 N–H and O–H groups in total. The zero-order valence-electron chi connectivity index (χ0n) is 6.50. The Labute approximate surface area is 65.4 Å². The summed E-state index contributed by atoms with van der Waals surface area (Å²) in [6, 6.07) is 0. The van der Waals surface area contributed by atoms with E-state index in [-0.39, 0.29) is 20.0 Å². The van der Waals surface area contributed by atoms with E-state index in [1.54, 1.807) is 6.92 Å². The first kappa shape index (κ1) is 10.1. The van der Waals surface area contributed by atoms with E-state index >= 15 is 0 Å². The molecule has 0 unspecified atom stereocenters. The first-order valence-electron chi connectivity index (χ1n) is 3.19. The molecule has 0 saturated carbocycles. The molecule has 0 aromatic carbocycles. The van der Waals surface area contributed by atoms with Crippen LogP contribution >= 0.6 is 0 Å². The molecule has 4 heteroatoms. The third-order valence-electron chi connectivity index (χ3n) is 0.901. The van der Waals surface area contributed by atoms with Gasteiger partial charge in [0.2, 0.25) is 0 Å². The minimum absolute atomic E-state index is 0.145. The third-order valence-corrected chi connectivity index (χ3v) is 0.901. The Morgan fingerprint density at radius 1 is 1.55 bits per heavy atom. The molecule has 4 nitrogen and oxygen atoms in total. The van der Waals surface area contributed by atoms with Gasteiger partial charge in [0.15, 0.2) is 0 Å². The molecular weight excluding hydrogens is 148 g/mol. The summed E-state index contributed by atoms with van der Waals surface area (Å²) in [5, 5.41) is 8.16. The fourth-order valence-corrected chi connectivity index (χ4v) is 0.381. The summed E-state index contributed by atoms with van der Waals surface area (Å²) in [6.07, 6.45) is 0. The van der Waals surface area contributed by atoms with Crippen LogP contribution in [-0.2, 0) is 14.3 Å². The number of rotatable bonds is 5. The highest BCUT2D eigenvalue weighted by Gasteiger charge is 2.00. The largest absolute Gasteiger partial charge is 0.460 e. The minimum atomic E-state index is -0.438. The van der Waals surface area contributed by atoms with Gasteiger partial charge in [0.05, 0.1) is 6.61 Å². The summed E-state index contributed by atoms with van der Waals surface area (Å²) in [4.78, 5) is 10.7. The normalized spacial score (nSPS) is 9.27. The van der Waals surface area contributed by atoms with Gasteiger partial charge in [-0.2, -0.15) is 0 Å². The number of hydrogen-bond acceptors (Lipinski definition) is 4. The Balaban J connectivity index is 3.25. The smallest absolute Gasteiger partial charge is 0.333 e. The molecule has 0 aliphatic rings. The number of esters is 1. The van der Waals surface area contributed by atoms with Crippen LogP contribution in [0.5, 0.6) is 0 Å². The zero-order valence-corrected chi connectivity index (χ0v) is 6.50. The molecule has 0 saturated heterocycles. The van der Waals surface area contributed by atoms with Crippen molar-refractivity contribution in [1.29, 1.82) is 0 Å². The lowest BCUT2D eigenvalue weighted by molar-refractivity contribution is -0.141. The molecule has 0 fully saturated rings. The van der Waals surface area contributed by atoms with Crippen LogP contribution in [0.1, 0.15) is 6.92 Å². The number of hydrogen-bond donors (Lipinski definition) is 1. The number of aliphatic hydroxyl groups excluding tert-OH is 1. The van der Waals surface area contributed by atoms with E-state index in [0.29, 0.717) is 5.57 Å². The summed E-state index contributed by atoms with van der Waals surface area (Å²) in [5.74, 6) is -0.438. The van der Waals surface area contributed by atoms with Crippen LogP contribution in [0.15, 0.2) is 12.2 Å². The van der Waals surface area contributed by atoms with Gasteiger partial charge < -0.3 is 14.6 Å². The van der Waals surface area contributed by atoms with E-state index in [0.717, 1.165) is 0 Å². The molecule has 0 aliphatic heterocycles. The highest BCUT2D eigenvalue weighted by molar-refractivity contribution is 5.86. The van der Waals surface area contributed by atoms with Crippen molar-refractivity contribution in [2.24, 2.45) is 0 Å². The van der Waals surface area contributed by atoms with Crippen molar-refractivity contribution in [3.63, 3.8) is 0 Å². The first-order valence-corrected chi connectivity index (χ1v) is 3.19. The molecule has 0 aromatic heterocycles. The standard InChI is InChI=1S/C7H12O4/c1-6(2)7(9)11-4-3-10-5-8/h8H,1,3-5H2,2H3.